The van der Waals surface area contributed by atoms with Crippen molar-refractivity contribution in [2.75, 3.05) is 60.7 Å². The highest BCUT2D eigenvalue weighted by Crippen LogP contribution is 2.21. The Morgan fingerprint density at radius 1 is 0.821 bits per heavy atom. The minimum atomic E-state index is -0.119. The van der Waals surface area contributed by atoms with Gasteiger partial charge in [0.05, 0.1) is 0 Å². The van der Waals surface area contributed by atoms with E-state index >= 15 is 0 Å². The molecule has 0 saturated carbocycles. The highest BCUT2D eigenvalue weighted by molar-refractivity contribution is 5.91. The maximum Gasteiger partial charge on any atom is 0.321 e. The van der Waals surface area contributed by atoms with E-state index in [2.05, 4.69) is 44.7 Å². The van der Waals surface area contributed by atoms with Crippen molar-refractivity contribution < 1.29 is 9.59 Å². The maximum atomic E-state index is 12.5. The molecule has 0 aromatic heterocycles. The lowest BCUT2D eigenvalue weighted by Gasteiger charge is -2.36. The first kappa shape index (κ1) is 19.5. The second-order valence-electron chi connectivity index (χ2n) is 7.07. The number of urea groups is 1. The molecule has 1 fully saturated rings. The predicted molar refractivity (Wildman–Crippen MR) is 114 cm³/mol. The molecule has 1 heterocycles. The summed E-state index contributed by atoms with van der Waals surface area (Å²) in [6.45, 7) is 4.41. The van der Waals surface area contributed by atoms with Crippen LogP contribution in [-0.2, 0) is 4.79 Å². The van der Waals surface area contributed by atoms with E-state index in [1.807, 2.05) is 19.0 Å². The van der Waals surface area contributed by atoms with Gasteiger partial charge in [-0.05, 0) is 48.5 Å². The monoisotopic (exact) mass is 381 g/mol. The van der Waals surface area contributed by atoms with E-state index in [-0.39, 0.29) is 11.9 Å². The SMILES string of the molecule is CC(=O)Nc1ccc(NC(=O)N2CCN(c3ccc(N(C)C)cc3)CC2)cc1. The van der Waals surface area contributed by atoms with E-state index in [9.17, 15) is 9.59 Å². The Kier molecular flexibility index (Phi) is 6.03. The number of carbonyl (C=O) groups excluding carboxylic acids is 2. The Morgan fingerprint density at radius 3 is 1.86 bits per heavy atom. The minimum Gasteiger partial charge on any atom is -0.378 e. The van der Waals surface area contributed by atoms with Gasteiger partial charge in [0.2, 0.25) is 5.91 Å². The summed E-state index contributed by atoms with van der Waals surface area (Å²) in [6.07, 6.45) is 0. The lowest BCUT2D eigenvalue weighted by molar-refractivity contribution is -0.114. The molecule has 0 aliphatic carbocycles. The van der Waals surface area contributed by atoms with Crippen molar-refractivity contribution in [3.05, 3.63) is 48.5 Å². The summed E-state index contributed by atoms with van der Waals surface area (Å²) in [6, 6.07) is 15.5. The van der Waals surface area contributed by atoms with Crippen LogP contribution in [0.15, 0.2) is 48.5 Å². The van der Waals surface area contributed by atoms with Gasteiger partial charge >= 0.3 is 6.03 Å². The molecular weight excluding hydrogens is 354 g/mol. The van der Waals surface area contributed by atoms with Crippen molar-refractivity contribution in [3.8, 4) is 0 Å². The van der Waals surface area contributed by atoms with Crippen LogP contribution in [0.25, 0.3) is 0 Å². The van der Waals surface area contributed by atoms with Crippen molar-refractivity contribution in [2.24, 2.45) is 0 Å². The van der Waals surface area contributed by atoms with E-state index in [0.717, 1.165) is 13.1 Å². The number of rotatable bonds is 4. The molecule has 0 atom stereocenters. The summed E-state index contributed by atoms with van der Waals surface area (Å²) >= 11 is 0. The molecule has 1 saturated heterocycles. The highest BCUT2D eigenvalue weighted by Gasteiger charge is 2.21. The molecule has 7 nitrogen and oxygen atoms in total. The molecule has 2 aromatic carbocycles. The van der Waals surface area contributed by atoms with Gasteiger partial charge in [-0.2, -0.15) is 0 Å². The molecule has 148 valence electrons. The van der Waals surface area contributed by atoms with Gasteiger partial charge in [-0.1, -0.05) is 0 Å². The zero-order valence-corrected chi connectivity index (χ0v) is 16.6. The summed E-state index contributed by atoms with van der Waals surface area (Å²) < 4.78 is 0. The van der Waals surface area contributed by atoms with Gasteiger partial charge in [0, 0.05) is 69.9 Å². The van der Waals surface area contributed by atoms with Crippen LogP contribution >= 0.6 is 0 Å². The van der Waals surface area contributed by atoms with E-state index in [1.54, 1.807) is 24.3 Å². The molecule has 1 aliphatic rings. The lowest BCUT2D eigenvalue weighted by atomic mass is 10.2. The van der Waals surface area contributed by atoms with Gasteiger partial charge < -0.3 is 25.3 Å². The van der Waals surface area contributed by atoms with E-state index in [1.165, 1.54) is 18.3 Å². The zero-order valence-electron chi connectivity index (χ0n) is 16.6. The fourth-order valence-electron chi connectivity index (χ4n) is 3.17. The van der Waals surface area contributed by atoms with Crippen LogP contribution in [0, 0.1) is 0 Å². The number of amides is 3. The number of nitrogens with zero attached hydrogens (tertiary/aromatic N) is 3. The Labute approximate surface area is 165 Å². The second-order valence-corrected chi connectivity index (χ2v) is 7.07. The molecule has 1 aliphatic heterocycles. The molecule has 0 radical (unpaired) electrons. The highest BCUT2D eigenvalue weighted by atomic mass is 16.2. The summed E-state index contributed by atoms with van der Waals surface area (Å²) in [5.41, 5.74) is 3.77. The third-order valence-corrected chi connectivity index (χ3v) is 4.75. The summed E-state index contributed by atoms with van der Waals surface area (Å²) in [7, 11) is 4.06. The van der Waals surface area contributed by atoms with Crippen molar-refractivity contribution in [3.63, 3.8) is 0 Å². The number of hydrogen-bond donors (Lipinski definition) is 2. The first-order valence-corrected chi connectivity index (χ1v) is 9.38. The molecule has 0 unspecified atom stereocenters. The molecule has 28 heavy (non-hydrogen) atoms. The van der Waals surface area contributed by atoms with Gasteiger partial charge in [-0.25, -0.2) is 4.79 Å². The Balaban J connectivity index is 1.51. The molecule has 0 spiro atoms. The standard InChI is InChI=1S/C21H27N5O2/c1-16(27)22-17-4-6-18(7-5-17)23-21(28)26-14-12-25(13-15-26)20-10-8-19(9-11-20)24(2)3/h4-11H,12-15H2,1-3H3,(H,22,27)(H,23,28). The molecule has 2 aromatic rings. The quantitative estimate of drug-likeness (QED) is 0.854. The average Bonchev–Trinajstić information content (AvgIpc) is 2.69. The van der Waals surface area contributed by atoms with Crippen molar-refractivity contribution in [2.45, 2.75) is 6.92 Å². The summed E-state index contributed by atoms with van der Waals surface area (Å²) in [5.74, 6) is -0.119. The van der Waals surface area contributed by atoms with E-state index in [4.69, 9.17) is 0 Å². The molecule has 3 amide bonds. The summed E-state index contributed by atoms with van der Waals surface area (Å²) in [5, 5.41) is 5.63. The number of hydrogen-bond acceptors (Lipinski definition) is 4. The van der Waals surface area contributed by atoms with Crippen molar-refractivity contribution in [1.29, 1.82) is 0 Å². The van der Waals surface area contributed by atoms with Crippen LogP contribution < -0.4 is 20.4 Å². The van der Waals surface area contributed by atoms with Gasteiger partial charge in [-0.15, -0.1) is 0 Å². The van der Waals surface area contributed by atoms with Gasteiger partial charge in [0.15, 0.2) is 0 Å². The van der Waals surface area contributed by atoms with Crippen LogP contribution in [0.5, 0.6) is 0 Å². The Bertz CT molecular complexity index is 810. The number of benzene rings is 2. The third kappa shape index (κ3) is 4.94. The van der Waals surface area contributed by atoms with Crippen LogP contribution in [0.4, 0.5) is 27.5 Å². The number of piperazine rings is 1. The van der Waals surface area contributed by atoms with Crippen LogP contribution in [0.3, 0.4) is 0 Å². The molecule has 7 heteroatoms. The van der Waals surface area contributed by atoms with Crippen LogP contribution in [0.1, 0.15) is 6.92 Å². The van der Waals surface area contributed by atoms with Crippen molar-refractivity contribution >= 4 is 34.7 Å². The number of nitrogens with one attached hydrogen (secondary N) is 2. The van der Waals surface area contributed by atoms with Gasteiger partial charge in [0.1, 0.15) is 0 Å². The Morgan fingerprint density at radius 2 is 1.36 bits per heavy atom. The molecular formula is C21H27N5O2. The fourth-order valence-corrected chi connectivity index (χ4v) is 3.17. The molecule has 0 bridgehead atoms. The molecule has 3 rings (SSSR count). The van der Waals surface area contributed by atoms with Crippen molar-refractivity contribution in [1.82, 2.24) is 4.90 Å². The van der Waals surface area contributed by atoms with E-state index < -0.39 is 0 Å². The second kappa shape index (κ2) is 8.65. The summed E-state index contributed by atoms with van der Waals surface area (Å²) in [4.78, 5) is 29.8. The molecule has 2 N–H and O–H groups in total. The smallest absolute Gasteiger partial charge is 0.321 e. The van der Waals surface area contributed by atoms with Crippen LogP contribution in [0.2, 0.25) is 0 Å². The van der Waals surface area contributed by atoms with Crippen LogP contribution in [-0.4, -0.2) is 57.1 Å². The first-order valence-electron chi connectivity index (χ1n) is 9.38. The van der Waals surface area contributed by atoms with Gasteiger partial charge in [0.25, 0.3) is 0 Å². The maximum absolute atomic E-state index is 12.5. The van der Waals surface area contributed by atoms with E-state index in [0.29, 0.717) is 24.5 Å². The third-order valence-electron chi connectivity index (χ3n) is 4.75. The fraction of sp³-hybridized carbons (Fsp3) is 0.333. The lowest BCUT2D eigenvalue weighted by Crippen LogP contribution is -2.50. The number of anilines is 4. The minimum absolute atomic E-state index is 0.102. The average molecular weight is 381 g/mol. The zero-order chi connectivity index (χ0) is 20.1. The predicted octanol–water partition coefficient (Wildman–Crippen LogP) is 3.07. The first-order chi connectivity index (χ1) is 13.4. The topological polar surface area (TPSA) is 67.9 Å². The Hall–Kier alpha value is -3.22. The largest absolute Gasteiger partial charge is 0.378 e. The van der Waals surface area contributed by atoms with Gasteiger partial charge in [-0.3, -0.25) is 4.79 Å². The number of carbonyl (C=O) groups is 2. The normalized spacial score (nSPS) is 13.8.